The first-order valence-electron chi connectivity index (χ1n) is 6.99. The van der Waals surface area contributed by atoms with Gasteiger partial charge in [0.25, 0.3) is 5.91 Å². The van der Waals surface area contributed by atoms with Gasteiger partial charge in [0.15, 0.2) is 12.7 Å². The molecule has 0 aliphatic rings. The highest BCUT2D eigenvalue weighted by Crippen LogP contribution is 2.22. The van der Waals surface area contributed by atoms with Gasteiger partial charge in [0.05, 0.1) is 5.02 Å². The number of para-hydroxylation sites is 2. The molecule has 0 radical (unpaired) electrons. The van der Waals surface area contributed by atoms with E-state index in [9.17, 15) is 9.59 Å². The Balaban J connectivity index is 1.80. The van der Waals surface area contributed by atoms with Gasteiger partial charge in [-0.25, -0.2) is 4.79 Å². The minimum Gasteiger partial charge on any atom is -0.480 e. The smallest absolute Gasteiger partial charge is 0.344 e. The molecule has 1 amide bonds. The van der Waals surface area contributed by atoms with Crippen molar-refractivity contribution in [2.45, 2.75) is 13.0 Å². The summed E-state index contributed by atoms with van der Waals surface area (Å²) in [7, 11) is 0. The molecule has 0 aliphatic carbocycles. The van der Waals surface area contributed by atoms with Crippen LogP contribution >= 0.6 is 11.6 Å². The Morgan fingerprint density at radius 1 is 1.09 bits per heavy atom. The number of esters is 1. The second-order valence-corrected chi connectivity index (χ2v) is 5.11. The zero-order valence-corrected chi connectivity index (χ0v) is 13.2. The van der Waals surface area contributed by atoms with Crippen LogP contribution < -0.4 is 10.1 Å². The molecule has 2 aromatic carbocycles. The zero-order chi connectivity index (χ0) is 16.7. The van der Waals surface area contributed by atoms with E-state index < -0.39 is 18.0 Å². The predicted octanol–water partition coefficient (Wildman–Crippen LogP) is 3.29. The lowest BCUT2D eigenvalue weighted by atomic mass is 10.3. The monoisotopic (exact) mass is 333 g/mol. The Labute approximate surface area is 139 Å². The van der Waals surface area contributed by atoms with Gasteiger partial charge in [0.2, 0.25) is 0 Å². The fraction of sp³-hybridized carbons (Fsp3) is 0.176. The third kappa shape index (κ3) is 5.30. The number of benzene rings is 2. The lowest BCUT2D eigenvalue weighted by Gasteiger charge is -2.14. The second kappa shape index (κ2) is 8.19. The van der Waals surface area contributed by atoms with E-state index in [1.165, 1.54) is 6.92 Å². The van der Waals surface area contributed by atoms with Gasteiger partial charge in [-0.3, -0.25) is 4.79 Å². The number of ether oxygens (including phenoxy) is 2. The molecule has 2 aromatic rings. The summed E-state index contributed by atoms with van der Waals surface area (Å²) in [6.07, 6.45) is -0.933. The van der Waals surface area contributed by atoms with Crippen LogP contribution in [-0.4, -0.2) is 24.6 Å². The van der Waals surface area contributed by atoms with Crippen molar-refractivity contribution >= 4 is 29.2 Å². The van der Waals surface area contributed by atoms with Crippen molar-refractivity contribution in [1.29, 1.82) is 0 Å². The quantitative estimate of drug-likeness (QED) is 0.824. The molecule has 0 heterocycles. The molecule has 0 unspecified atom stereocenters. The van der Waals surface area contributed by atoms with Gasteiger partial charge in [-0.1, -0.05) is 41.9 Å². The van der Waals surface area contributed by atoms with Crippen LogP contribution in [0.5, 0.6) is 5.75 Å². The van der Waals surface area contributed by atoms with Gasteiger partial charge in [-0.2, -0.15) is 0 Å². The SMILES string of the molecule is C[C@H](OC(=O)COc1ccccc1Cl)C(=O)Nc1ccccc1. The standard InChI is InChI=1S/C17H16ClNO4/c1-12(17(21)19-13-7-3-2-4-8-13)23-16(20)11-22-15-10-6-5-9-14(15)18/h2-10,12H,11H2,1H3,(H,19,21)/t12-/m0/s1. The zero-order valence-electron chi connectivity index (χ0n) is 12.5. The number of anilines is 1. The number of halogens is 1. The van der Waals surface area contributed by atoms with Crippen molar-refractivity contribution in [1.82, 2.24) is 0 Å². The van der Waals surface area contributed by atoms with E-state index >= 15 is 0 Å². The van der Waals surface area contributed by atoms with Gasteiger partial charge < -0.3 is 14.8 Å². The third-order valence-corrected chi connectivity index (χ3v) is 3.21. The van der Waals surface area contributed by atoms with Crippen LogP contribution in [0.1, 0.15) is 6.92 Å². The normalized spacial score (nSPS) is 11.4. The fourth-order valence-corrected chi connectivity index (χ4v) is 1.94. The minimum absolute atomic E-state index is 0.327. The molecule has 0 spiro atoms. The topological polar surface area (TPSA) is 64.6 Å². The van der Waals surface area contributed by atoms with E-state index in [1.54, 1.807) is 48.5 Å². The molecular weight excluding hydrogens is 318 g/mol. The van der Waals surface area contributed by atoms with E-state index in [0.29, 0.717) is 16.5 Å². The maximum absolute atomic E-state index is 11.9. The molecule has 5 nitrogen and oxygen atoms in total. The molecule has 0 bridgehead atoms. The summed E-state index contributed by atoms with van der Waals surface area (Å²) in [5.74, 6) is -0.685. The molecule has 0 saturated heterocycles. The van der Waals surface area contributed by atoms with Crippen molar-refractivity contribution in [3.8, 4) is 5.75 Å². The highest BCUT2D eigenvalue weighted by atomic mass is 35.5. The Kier molecular flexibility index (Phi) is 6.00. The van der Waals surface area contributed by atoms with Crippen LogP contribution in [0, 0.1) is 0 Å². The Bertz CT molecular complexity index is 675. The summed E-state index contributed by atoms with van der Waals surface area (Å²) in [5, 5.41) is 3.05. The molecular formula is C17H16ClNO4. The maximum atomic E-state index is 11.9. The highest BCUT2D eigenvalue weighted by Gasteiger charge is 2.18. The first kappa shape index (κ1) is 16.8. The van der Waals surface area contributed by atoms with Gasteiger partial charge >= 0.3 is 5.97 Å². The Morgan fingerprint density at radius 3 is 2.43 bits per heavy atom. The fourth-order valence-electron chi connectivity index (χ4n) is 1.75. The summed E-state index contributed by atoms with van der Waals surface area (Å²) in [4.78, 5) is 23.7. The predicted molar refractivity (Wildman–Crippen MR) is 87.6 cm³/mol. The van der Waals surface area contributed by atoms with E-state index in [2.05, 4.69) is 5.32 Å². The largest absolute Gasteiger partial charge is 0.480 e. The van der Waals surface area contributed by atoms with E-state index in [-0.39, 0.29) is 6.61 Å². The van der Waals surface area contributed by atoms with Crippen LogP contribution in [0.25, 0.3) is 0 Å². The van der Waals surface area contributed by atoms with Crippen LogP contribution in [-0.2, 0) is 14.3 Å². The number of carbonyl (C=O) groups excluding carboxylic acids is 2. The lowest BCUT2D eigenvalue weighted by Crippen LogP contribution is -2.31. The lowest BCUT2D eigenvalue weighted by molar-refractivity contribution is -0.155. The average molecular weight is 334 g/mol. The number of hydrogen-bond acceptors (Lipinski definition) is 4. The maximum Gasteiger partial charge on any atom is 0.344 e. The van der Waals surface area contributed by atoms with E-state index in [4.69, 9.17) is 21.1 Å². The number of amides is 1. The van der Waals surface area contributed by atoms with E-state index in [1.807, 2.05) is 6.07 Å². The number of hydrogen-bond donors (Lipinski definition) is 1. The van der Waals surface area contributed by atoms with Gasteiger partial charge in [0.1, 0.15) is 5.75 Å². The molecule has 23 heavy (non-hydrogen) atoms. The van der Waals surface area contributed by atoms with Crippen LogP contribution in [0.15, 0.2) is 54.6 Å². The summed E-state index contributed by atoms with van der Waals surface area (Å²) in [6.45, 7) is 1.17. The number of rotatable bonds is 6. The van der Waals surface area contributed by atoms with Gasteiger partial charge in [0, 0.05) is 5.69 Å². The summed E-state index contributed by atoms with van der Waals surface area (Å²) in [6, 6.07) is 15.7. The third-order valence-electron chi connectivity index (χ3n) is 2.90. The molecule has 1 atom stereocenters. The summed E-state index contributed by atoms with van der Waals surface area (Å²) < 4.78 is 10.3. The van der Waals surface area contributed by atoms with Gasteiger partial charge in [-0.15, -0.1) is 0 Å². The number of nitrogens with one attached hydrogen (secondary N) is 1. The molecule has 0 fully saturated rings. The molecule has 0 aromatic heterocycles. The Hall–Kier alpha value is -2.53. The van der Waals surface area contributed by atoms with Crippen molar-refractivity contribution in [2.75, 3.05) is 11.9 Å². The Morgan fingerprint density at radius 2 is 1.74 bits per heavy atom. The summed E-state index contributed by atoms with van der Waals surface area (Å²) >= 11 is 5.91. The molecule has 1 N–H and O–H groups in total. The number of carbonyl (C=O) groups is 2. The first-order valence-corrected chi connectivity index (χ1v) is 7.37. The molecule has 0 saturated carbocycles. The average Bonchev–Trinajstić information content (AvgIpc) is 2.55. The first-order chi connectivity index (χ1) is 11.1. The molecule has 0 aliphatic heterocycles. The van der Waals surface area contributed by atoms with Crippen molar-refractivity contribution in [2.24, 2.45) is 0 Å². The van der Waals surface area contributed by atoms with Crippen LogP contribution in [0.2, 0.25) is 5.02 Å². The molecule has 2 rings (SSSR count). The molecule has 6 heteroatoms. The van der Waals surface area contributed by atoms with Crippen molar-refractivity contribution in [3.05, 3.63) is 59.6 Å². The van der Waals surface area contributed by atoms with Crippen molar-refractivity contribution in [3.63, 3.8) is 0 Å². The highest BCUT2D eigenvalue weighted by molar-refractivity contribution is 6.32. The van der Waals surface area contributed by atoms with Gasteiger partial charge in [-0.05, 0) is 31.2 Å². The molecule has 120 valence electrons. The van der Waals surface area contributed by atoms with Crippen LogP contribution in [0.4, 0.5) is 5.69 Å². The van der Waals surface area contributed by atoms with Crippen molar-refractivity contribution < 1.29 is 19.1 Å². The summed E-state index contributed by atoms with van der Waals surface area (Å²) in [5.41, 5.74) is 0.632. The second-order valence-electron chi connectivity index (χ2n) is 4.71. The van der Waals surface area contributed by atoms with E-state index in [0.717, 1.165) is 0 Å². The minimum atomic E-state index is -0.933. The van der Waals surface area contributed by atoms with Crippen LogP contribution in [0.3, 0.4) is 0 Å².